The van der Waals surface area contributed by atoms with Gasteiger partial charge in [0.1, 0.15) is 23.2 Å². The maximum Gasteiger partial charge on any atom is 0.339 e. The molecule has 6 heteroatoms. The van der Waals surface area contributed by atoms with E-state index in [1.54, 1.807) is 19.9 Å². The van der Waals surface area contributed by atoms with E-state index >= 15 is 0 Å². The summed E-state index contributed by atoms with van der Waals surface area (Å²) in [4.78, 5) is 15.2. The first-order chi connectivity index (χ1) is 9.92. The third-order valence-electron chi connectivity index (χ3n) is 3.09. The molecule has 6 nitrogen and oxygen atoms in total. The van der Waals surface area contributed by atoms with Crippen molar-refractivity contribution in [3.8, 4) is 6.07 Å². The molecule has 0 unspecified atom stereocenters. The topological polar surface area (TPSA) is 99.1 Å². The van der Waals surface area contributed by atoms with Crippen molar-refractivity contribution in [1.82, 2.24) is 4.98 Å². The smallest absolute Gasteiger partial charge is 0.339 e. The van der Waals surface area contributed by atoms with Crippen LogP contribution in [0.25, 0.3) is 0 Å². The number of nitriles is 1. The average Bonchev–Trinajstić information content (AvgIpc) is 2.77. The number of carboxylic acid groups (broad SMARTS) is 1. The number of rotatable bonds is 4. The molecule has 0 saturated carbocycles. The second kappa shape index (κ2) is 5.67. The van der Waals surface area contributed by atoms with Gasteiger partial charge in [-0.2, -0.15) is 5.26 Å². The predicted molar refractivity (Wildman–Crippen MR) is 76.2 cm³/mol. The van der Waals surface area contributed by atoms with E-state index in [4.69, 9.17) is 9.52 Å². The molecule has 0 radical (unpaired) electrons. The SMILES string of the molecule is Cc1cc(NCc2cc(C(=O)O)c(C)o2)c(C#N)c(C)n1. The lowest BCUT2D eigenvalue weighted by atomic mass is 10.1. The van der Waals surface area contributed by atoms with Crippen molar-refractivity contribution in [2.45, 2.75) is 27.3 Å². The van der Waals surface area contributed by atoms with E-state index in [0.29, 0.717) is 35.0 Å². The van der Waals surface area contributed by atoms with Crippen molar-refractivity contribution in [2.75, 3.05) is 5.32 Å². The molecular weight excluding hydrogens is 270 g/mol. The molecule has 0 aliphatic heterocycles. The molecule has 108 valence electrons. The highest BCUT2D eigenvalue weighted by Gasteiger charge is 2.14. The fourth-order valence-electron chi connectivity index (χ4n) is 2.13. The van der Waals surface area contributed by atoms with Crippen molar-refractivity contribution in [3.63, 3.8) is 0 Å². The average molecular weight is 285 g/mol. The summed E-state index contributed by atoms with van der Waals surface area (Å²) < 4.78 is 5.39. The van der Waals surface area contributed by atoms with E-state index in [1.807, 2.05) is 6.92 Å². The van der Waals surface area contributed by atoms with Crippen LogP contribution < -0.4 is 5.32 Å². The number of aromatic carboxylic acids is 1. The number of anilines is 1. The Kier molecular flexibility index (Phi) is 3.94. The standard InChI is InChI=1S/C15H15N3O3/c1-8-4-14(13(6-16)9(2)18-8)17-7-11-5-12(15(19)20)10(3)21-11/h4-5H,7H2,1-3H3,(H,17,18)(H,19,20). The van der Waals surface area contributed by atoms with Crippen LogP contribution in [0.1, 0.15) is 38.8 Å². The van der Waals surface area contributed by atoms with Gasteiger partial charge in [-0.25, -0.2) is 4.79 Å². The lowest BCUT2D eigenvalue weighted by Gasteiger charge is -2.09. The van der Waals surface area contributed by atoms with Gasteiger partial charge < -0.3 is 14.8 Å². The highest BCUT2D eigenvalue weighted by molar-refractivity contribution is 5.88. The number of carboxylic acids is 1. The van der Waals surface area contributed by atoms with Crippen LogP contribution in [0.2, 0.25) is 0 Å². The van der Waals surface area contributed by atoms with Crippen molar-refractivity contribution in [2.24, 2.45) is 0 Å². The van der Waals surface area contributed by atoms with Crippen LogP contribution in [0.3, 0.4) is 0 Å². The lowest BCUT2D eigenvalue weighted by Crippen LogP contribution is -2.04. The molecule has 2 rings (SSSR count). The van der Waals surface area contributed by atoms with Gasteiger partial charge in [-0.3, -0.25) is 4.98 Å². The van der Waals surface area contributed by atoms with E-state index in [0.717, 1.165) is 5.69 Å². The third kappa shape index (κ3) is 3.03. The monoisotopic (exact) mass is 285 g/mol. The summed E-state index contributed by atoms with van der Waals surface area (Å²) in [5.74, 6) is -0.154. The van der Waals surface area contributed by atoms with E-state index in [1.165, 1.54) is 6.07 Å². The Bertz CT molecular complexity index is 741. The van der Waals surface area contributed by atoms with Gasteiger partial charge in [-0.15, -0.1) is 0 Å². The normalized spacial score (nSPS) is 10.2. The highest BCUT2D eigenvalue weighted by Crippen LogP contribution is 2.21. The minimum absolute atomic E-state index is 0.148. The number of pyridine rings is 1. The molecule has 2 aromatic heterocycles. The molecule has 0 aliphatic carbocycles. The zero-order valence-corrected chi connectivity index (χ0v) is 12.0. The summed E-state index contributed by atoms with van der Waals surface area (Å²) in [6, 6.07) is 5.37. The maximum absolute atomic E-state index is 11.0. The number of carbonyl (C=O) groups is 1. The second-order valence-corrected chi connectivity index (χ2v) is 4.72. The van der Waals surface area contributed by atoms with Crippen LogP contribution in [0.5, 0.6) is 0 Å². The van der Waals surface area contributed by atoms with Gasteiger partial charge in [-0.05, 0) is 32.9 Å². The largest absolute Gasteiger partial charge is 0.478 e. The van der Waals surface area contributed by atoms with E-state index in [9.17, 15) is 10.1 Å². The summed E-state index contributed by atoms with van der Waals surface area (Å²) in [5.41, 5.74) is 2.74. The van der Waals surface area contributed by atoms with Crippen molar-refractivity contribution in [3.05, 3.63) is 46.2 Å². The molecule has 0 aromatic carbocycles. The molecule has 0 fully saturated rings. The van der Waals surface area contributed by atoms with Gasteiger partial charge >= 0.3 is 5.97 Å². The molecular formula is C15H15N3O3. The summed E-state index contributed by atoms with van der Waals surface area (Å²) in [6.07, 6.45) is 0. The number of furan rings is 1. The zero-order chi connectivity index (χ0) is 15.6. The molecule has 2 heterocycles. The van der Waals surface area contributed by atoms with E-state index < -0.39 is 5.97 Å². The lowest BCUT2D eigenvalue weighted by molar-refractivity contribution is 0.0695. The van der Waals surface area contributed by atoms with Crippen molar-refractivity contribution < 1.29 is 14.3 Å². The fraction of sp³-hybridized carbons (Fsp3) is 0.267. The molecule has 0 atom stereocenters. The first-order valence-corrected chi connectivity index (χ1v) is 6.37. The van der Waals surface area contributed by atoms with Crippen LogP contribution in [0, 0.1) is 32.1 Å². The first kappa shape index (κ1) is 14.6. The van der Waals surface area contributed by atoms with Gasteiger partial charge in [0, 0.05) is 5.69 Å². The Hall–Kier alpha value is -2.81. The molecule has 21 heavy (non-hydrogen) atoms. The minimum Gasteiger partial charge on any atom is -0.478 e. The second-order valence-electron chi connectivity index (χ2n) is 4.72. The molecule has 2 aromatic rings. The molecule has 0 spiro atoms. The van der Waals surface area contributed by atoms with E-state index in [2.05, 4.69) is 16.4 Å². The minimum atomic E-state index is -1.02. The molecule has 2 N–H and O–H groups in total. The summed E-state index contributed by atoms with van der Waals surface area (Å²) in [5, 5.41) is 21.3. The Morgan fingerprint density at radius 1 is 1.43 bits per heavy atom. The van der Waals surface area contributed by atoms with Gasteiger partial charge in [0.2, 0.25) is 0 Å². The molecule has 0 aliphatic rings. The Morgan fingerprint density at radius 2 is 2.14 bits per heavy atom. The van der Waals surface area contributed by atoms with Gasteiger partial charge in [0.05, 0.1) is 23.5 Å². The summed E-state index contributed by atoms with van der Waals surface area (Å²) in [6.45, 7) is 5.52. The van der Waals surface area contributed by atoms with Crippen LogP contribution >= 0.6 is 0 Å². The Morgan fingerprint density at radius 3 is 2.71 bits per heavy atom. The third-order valence-corrected chi connectivity index (χ3v) is 3.09. The first-order valence-electron chi connectivity index (χ1n) is 6.37. The molecule has 0 bridgehead atoms. The molecule has 0 amide bonds. The van der Waals surface area contributed by atoms with Crippen LogP contribution in [0.4, 0.5) is 5.69 Å². The van der Waals surface area contributed by atoms with Crippen LogP contribution in [-0.4, -0.2) is 16.1 Å². The van der Waals surface area contributed by atoms with E-state index in [-0.39, 0.29) is 5.56 Å². The number of aryl methyl sites for hydroxylation is 3. The van der Waals surface area contributed by atoms with Crippen molar-refractivity contribution >= 4 is 11.7 Å². The fourth-order valence-corrected chi connectivity index (χ4v) is 2.13. The number of aromatic nitrogens is 1. The maximum atomic E-state index is 11.0. The quantitative estimate of drug-likeness (QED) is 0.896. The highest BCUT2D eigenvalue weighted by atomic mass is 16.4. The molecule has 0 saturated heterocycles. The zero-order valence-electron chi connectivity index (χ0n) is 12.0. The van der Waals surface area contributed by atoms with Gasteiger partial charge in [0.15, 0.2) is 0 Å². The predicted octanol–water partition coefficient (Wildman–Crippen LogP) is 2.78. The Balaban J connectivity index is 2.23. The summed E-state index contributed by atoms with van der Waals surface area (Å²) in [7, 11) is 0. The number of hydrogen-bond acceptors (Lipinski definition) is 5. The van der Waals surface area contributed by atoms with Crippen LogP contribution in [0.15, 0.2) is 16.5 Å². The summed E-state index contributed by atoms with van der Waals surface area (Å²) >= 11 is 0. The van der Waals surface area contributed by atoms with Crippen molar-refractivity contribution in [1.29, 1.82) is 5.26 Å². The number of nitrogens with one attached hydrogen (secondary N) is 1. The van der Waals surface area contributed by atoms with Gasteiger partial charge in [0.25, 0.3) is 0 Å². The number of nitrogens with zero attached hydrogens (tertiary/aromatic N) is 2. The van der Waals surface area contributed by atoms with Crippen LogP contribution in [-0.2, 0) is 6.54 Å². The Labute approximate surface area is 122 Å². The van der Waals surface area contributed by atoms with Gasteiger partial charge in [-0.1, -0.05) is 0 Å². The number of hydrogen-bond donors (Lipinski definition) is 2.